The van der Waals surface area contributed by atoms with Gasteiger partial charge in [0.05, 0.1) is 16.6 Å². The Balaban J connectivity index is 1.47. The number of aryl methyl sites for hydroxylation is 3. The molecule has 170 valence electrons. The first-order valence-corrected chi connectivity index (χ1v) is 11.3. The maximum Gasteiger partial charge on any atom is 0.279 e. The van der Waals surface area contributed by atoms with Crippen molar-refractivity contribution in [1.82, 2.24) is 14.9 Å². The monoisotopic (exact) mass is 508 g/mol. The summed E-state index contributed by atoms with van der Waals surface area (Å²) in [5, 5.41) is 11.3. The number of benzene rings is 2. The molecule has 4 aromatic rings. The standard InChI is InChI=1S/C25H25BrN4O3/c1-15-8-10-19(11-9-15)12-30-13-21(26)24(28-30)27-25(31)23-20(18(4)33-29-23)14-32-22-7-5-6-16(2)17(22)3/h5-11,13H,12,14H2,1-4H3,(H,27,28,31). The Morgan fingerprint density at radius 1 is 1.12 bits per heavy atom. The lowest BCUT2D eigenvalue weighted by Crippen LogP contribution is -2.16. The van der Waals surface area contributed by atoms with Crippen molar-refractivity contribution in [2.75, 3.05) is 5.32 Å². The topological polar surface area (TPSA) is 82.2 Å². The van der Waals surface area contributed by atoms with E-state index in [1.165, 1.54) is 5.56 Å². The second-order valence-corrected chi connectivity index (χ2v) is 8.87. The number of anilines is 1. The van der Waals surface area contributed by atoms with Crippen molar-refractivity contribution in [2.24, 2.45) is 0 Å². The van der Waals surface area contributed by atoms with Gasteiger partial charge in [0.2, 0.25) is 0 Å². The summed E-state index contributed by atoms with van der Waals surface area (Å²) < 4.78 is 13.7. The lowest BCUT2D eigenvalue weighted by atomic mass is 10.1. The fourth-order valence-corrected chi connectivity index (χ4v) is 3.79. The Morgan fingerprint density at radius 2 is 1.88 bits per heavy atom. The zero-order valence-corrected chi connectivity index (χ0v) is 20.6. The Labute approximate surface area is 200 Å². The largest absolute Gasteiger partial charge is 0.488 e. The van der Waals surface area contributed by atoms with Crippen molar-refractivity contribution >= 4 is 27.7 Å². The third-order valence-electron chi connectivity index (χ3n) is 5.54. The number of carbonyl (C=O) groups excluding carboxylic acids is 1. The fourth-order valence-electron chi connectivity index (χ4n) is 3.38. The number of aromatic nitrogens is 3. The summed E-state index contributed by atoms with van der Waals surface area (Å²) in [5.41, 5.74) is 5.29. The van der Waals surface area contributed by atoms with Gasteiger partial charge < -0.3 is 14.6 Å². The second kappa shape index (κ2) is 9.62. The van der Waals surface area contributed by atoms with Gasteiger partial charge in [-0.2, -0.15) is 5.10 Å². The molecule has 0 aliphatic heterocycles. The van der Waals surface area contributed by atoms with Crippen LogP contribution in [-0.4, -0.2) is 20.8 Å². The SMILES string of the molecule is Cc1ccc(Cn2cc(Br)c(NC(=O)c3noc(C)c3COc3cccc(C)c3C)n2)cc1. The average molecular weight is 509 g/mol. The third kappa shape index (κ3) is 5.17. The number of hydrogen-bond acceptors (Lipinski definition) is 5. The van der Waals surface area contributed by atoms with Crippen LogP contribution in [0, 0.1) is 27.7 Å². The first-order chi connectivity index (χ1) is 15.8. The molecule has 7 nitrogen and oxygen atoms in total. The molecule has 0 fully saturated rings. The highest BCUT2D eigenvalue weighted by Crippen LogP contribution is 2.25. The molecule has 2 heterocycles. The Hall–Kier alpha value is -3.39. The molecule has 1 amide bonds. The van der Waals surface area contributed by atoms with Gasteiger partial charge in [0.25, 0.3) is 5.91 Å². The molecule has 8 heteroatoms. The Morgan fingerprint density at radius 3 is 2.64 bits per heavy atom. The van der Waals surface area contributed by atoms with E-state index < -0.39 is 5.91 Å². The molecule has 0 aliphatic rings. The van der Waals surface area contributed by atoms with Gasteiger partial charge in [0, 0.05) is 6.20 Å². The lowest BCUT2D eigenvalue weighted by molar-refractivity contribution is 0.101. The molecule has 0 bridgehead atoms. The summed E-state index contributed by atoms with van der Waals surface area (Å²) in [4.78, 5) is 13.0. The average Bonchev–Trinajstić information content (AvgIpc) is 3.32. The maximum absolute atomic E-state index is 13.0. The molecular formula is C25H25BrN4O3. The molecule has 0 radical (unpaired) electrons. The number of hydrogen-bond donors (Lipinski definition) is 1. The van der Waals surface area contributed by atoms with Gasteiger partial charge in [-0.05, 0) is 66.4 Å². The van der Waals surface area contributed by atoms with Gasteiger partial charge in [-0.15, -0.1) is 0 Å². The van der Waals surface area contributed by atoms with Crippen LogP contribution in [0.25, 0.3) is 0 Å². The molecule has 0 saturated carbocycles. The number of nitrogens with one attached hydrogen (secondary N) is 1. The quantitative estimate of drug-likeness (QED) is 0.343. The minimum absolute atomic E-state index is 0.172. The summed E-state index contributed by atoms with van der Waals surface area (Å²) in [6, 6.07) is 14.1. The molecule has 2 aromatic carbocycles. The minimum atomic E-state index is -0.410. The van der Waals surface area contributed by atoms with Crippen LogP contribution in [0.4, 0.5) is 5.82 Å². The van der Waals surface area contributed by atoms with Gasteiger partial charge >= 0.3 is 0 Å². The summed E-state index contributed by atoms with van der Waals surface area (Å²) in [6.07, 6.45) is 1.83. The van der Waals surface area contributed by atoms with Gasteiger partial charge in [-0.25, -0.2) is 0 Å². The number of carbonyl (C=O) groups is 1. The van der Waals surface area contributed by atoms with Crippen LogP contribution in [-0.2, 0) is 13.2 Å². The highest BCUT2D eigenvalue weighted by Gasteiger charge is 2.22. The van der Waals surface area contributed by atoms with Gasteiger partial charge in [-0.1, -0.05) is 47.1 Å². The second-order valence-electron chi connectivity index (χ2n) is 8.02. The van der Waals surface area contributed by atoms with Crippen molar-refractivity contribution < 1.29 is 14.1 Å². The predicted octanol–water partition coefficient (Wildman–Crippen LogP) is 5.75. The number of ether oxygens (including phenoxy) is 1. The molecule has 2 aromatic heterocycles. The summed E-state index contributed by atoms with van der Waals surface area (Å²) in [5.74, 6) is 1.30. The van der Waals surface area contributed by atoms with E-state index in [4.69, 9.17) is 9.26 Å². The van der Waals surface area contributed by atoms with Crippen LogP contribution in [0.1, 0.15) is 44.1 Å². The predicted molar refractivity (Wildman–Crippen MR) is 130 cm³/mol. The summed E-state index contributed by atoms with van der Waals surface area (Å²) in [7, 11) is 0. The van der Waals surface area contributed by atoms with E-state index in [0.717, 1.165) is 22.4 Å². The molecule has 0 atom stereocenters. The van der Waals surface area contributed by atoms with Crippen molar-refractivity contribution in [3.63, 3.8) is 0 Å². The third-order valence-corrected chi connectivity index (χ3v) is 6.12. The fraction of sp³-hybridized carbons (Fsp3) is 0.240. The van der Waals surface area contributed by atoms with E-state index in [-0.39, 0.29) is 12.3 Å². The first-order valence-electron chi connectivity index (χ1n) is 10.6. The van der Waals surface area contributed by atoms with Crippen LogP contribution in [0.3, 0.4) is 0 Å². The number of halogens is 1. The summed E-state index contributed by atoms with van der Waals surface area (Å²) >= 11 is 3.48. The van der Waals surface area contributed by atoms with Crippen molar-refractivity contribution in [3.05, 3.63) is 92.4 Å². The molecular weight excluding hydrogens is 484 g/mol. The molecule has 0 saturated heterocycles. The van der Waals surface area contributed by atoms with Gasteiger partial charge in [0.15, 0.2) is 11.5 Å². The van der Waals surface area contributed by atoms with Crippen molar-refractivity contribution in [1.29, 1.82) is 0 Å². The van der Waals surface area contributed by atoms with Crippen LogP contribution in [0.5, 0.6) is 5.75 Å². The number of amides is 1. The van der Waals surface area contributed by atoms with E-state index in [1.54, 1.807) is 11.6 Å². The molecule has 33 heavy (non-hydrogen) atoms. The zero-order chi connectivity index (χ0) is 23.5. The van der Waals surface area contributed by atoms with Crippen molar-refractivity contribution in [3.8, 4) is 5.75 Å². The van der Waals surface area contributed by atoms with E-state index in [2.05, 4.69) is 62.7 Å². The summed E-state index contributed by atoms with van der Waals surface area (Å²) in [6.45, 7) is 8.61. The van der Waals surface area contributed by atoms with Crippen molar-refractivity contribution in [2.45, 2.75) is 40.8 Å². The molecule has 0 aliphatic carbocycles. The number of rotatable bonds is 7. The highest BCUT2D eigenvalue weighted by atomic mass is 79.9. The van der Waals surface area contributed by atoms with E-state index >= 15 is 0 Å². The highest BCUT2D eigenvalue weighted by molar-refractivity contribution is 9.10. The number of nitrogens with zero attached hydrogens (tertiary/aromatic N) is 3. The van der Waals surface area contributed by atoms with Crippen LogP contribution in [0.2, 0.25) is 0 Å². The van der Waals surface area contributed by atoms with Crippen LogP contribution >= 0.6 is 15.9 Å². The molecule has 0 unspecified atom stereocenters. The smallest absolute Gasteiger partial charge is 0.279 e. The van der Waals surface area contributed by atoms with Crippen LogP contribution in [0.15, 0.2) is 57.7 Å². The molecule has 4 rings (SSSR count). The van der Waals surface area contributed by atoms with E-state index in [9.17, 15) is 4.79 Å². The van der Waals surface area contributed by atoms with E-state index in [0.29, 0.717) is 28.2 Å². The van der Waals surface area contributed by atoms with Gasteiger partial charge in [-0.3, -0.25) is 9.48 Å². The normalized spacial score (nSPS) is 10.9. The molecule has 0 spiro atoms. The first kappa shape index (κ1) is 22.8. The van der Waals surface area contributed by atoms with E-state index in [1.807, 2.05) is 38.2 Å². The Bertz CT molecular complexity index is 1290. The minimum Gasteiger partial charge on any atom is -0.488 e. The molecule has 1 N–H and O–H groups in total. The zero-order valence-electron chi connectivity index (χ0n) is 19.0. The van der Waals surface area contributed by atoms with Gasteiger partial charge in [0.1, 0.15) is 18.1 Å². The lowest BCUT2D eigenvalue weighted by Gasteiger charge is -2.11. The Kier molecular flexibility index (Phi) is 6.65. The van der Waals surface area contributed by atoms with Crippen LogP contribution < -0.4 is 10.1 Å². The maximum atomic E-state index is 13.0.